The smallest absolute Gasteiger partial charge is 0.248 e. The Hall–Kier alpha value is -1.56. The fourth-order valence-corrected chi connectivity index (χ4v) is 4.52. The van der Waals surface area contributed by atoms with E-state index in [1.165, 1.54) is 22.7 Å². The van der Waals surface area contributed by atoms with Gasteiger partial charge in [0, 0.05) is 21.6 Å². The molecule has 0 aliphatic heterocycles. The second-order valence-corrected chi connectivity index (χ2v) is 8.32. The van der Waals surface area contributed by atoms with Crippen LogP contribution in [0.1, 0.15) is 43.0 Å². The number of hydrogen-bond acceptors (Lipinski definition) is 3. The topological polar surface area (TPSA) is 49.4 Å². The van der Waals surface area contributed by atoms with Crippen molar-refractivity contribution in [1.82, 2.24) is 5.32 Å². The van der Waals surface area contributed by atoms with Gasteiger partial charge in [0.05, 0.1) is 0 Å². The molecule has 7 heteroatoms. The maximum atomic E-state index is 13.2. The molecule has 0 unspecified atom stereocenters. The summed E-state index contributed by atoms with van der Waals surface area (Å²) >= 11 is 13.3. The van der Waals surface area contributed by atoms with Gasteiger partial charge in [0.2, 0.25) is 11.8 Å². The molecule has 1 aromatic heterocycles. The van der Waals surface area contributed by atoms with E-state index < -0.39 is 6.04 Å². The summed E-state index contributed by atoms with van der Waals surface area (Å²) in [6, 6.07) is 10.0. The molecule has 1 atom stereocenters. The summed E-state index contributed by atoms with van der Waals surface area (Å²) in [6.45, 7) is 0. The van der Waals surface area contributed by atoms with Gasteiger partial charge in [-0.05, 0) is 48.6 Å². The van der Waals surface area contributed by atoms with E-state index in [4.69, 9.17) is 23.2 Å². The maximum absolute atomic E-state index is 13.2. The van der Waals surface area contributed by atoms with Crippen molar-refractivity contribution in [3.05, 3.63) is 51.7 Å². The first-order valence-electron chi connectivity index (χ1n) is 9.07. The SMILES string of the molecule is O=C(NC1CCCCC1)[C@H](c1cccs1)N(C(=O)CCl)c1ccc(Cl)cc1. The van der Waals surface area contributed by atoms with E-state index in [1.807, 2.05) is 17.5 Å². The lowest BCUT2D eigenvalue weighted by atomic mass is 9.95. The average Bonchev–Trinajstić information content (AvgIpc) is 3.21. The number of rotatable bonds is 6. The van der Waals surface area contributed by atoms with Gasteiger partial charge in [0.25, 0.3) is 0 Å². The number of alkyl halides is 1. The Kier molecular flexibility index (Phi) is 7.16. The van der Waals surface area contributed by atoms with Gasteiger partial charge >= 0.3 is 0 Å². The number of halogens is 2. The van der Waals surface area contributed by atoms with Crippen LogP contribution in [0.2, 0.25) is 5.02 Å². The molecule has 1 heterocycles. The maximum Gasteiger partial charge on any atom is 0.248 e. The lowest BCUT2D eigenvalue weighted by Crippen LogP contribution is -2.47. The van der Waals surface area contributed by atoms with Crippen LogP contribution in [0.4, 0.5) is 5.69 Å². The van der Waals surface area contributed by atoms with E-state index >= 15 is 0 Å². The van der Waals surface area contributed by atoms with E-state index in [0.717, 1.165) is 30.6 Å². The van der Waals surface area contributed by atoms with Crippen molar-refractivity contribution in [3.8, 4) is 0 Å². The Morgan fingerprint density at radius 3 is 2.44 bits per heavy atom. The molecule has 1 saturated carbocycles. The molecule has 1 N–H and O–H groups in total. The molecule has 1 aliphatic carbocycles. The van der Waals surface area contributed by atoms with Crippen LogP contribution in [0.5, 0.6) is 0 Å². The molecule has 4 nitrogen and oxygen atoms in total. The predicted molar refractivity (Wildman–Crippen MR) is 112 cm³/mol. The molecule has 1 aliphatic rings. The molecule has 0 radical (unpaired) electrons. The third-order valence-corrected chi connectivity index (χ3v) is 6.16. The minimum atomic E-state index is -0.751. The Bertz CT molecular complexity index is 759. The van der Waals surface area contributed by atoms with Crippen LogP contribution in [0.25, 0.3) is 0 Å². The number of amides is 2. The highest BCUT2D eigenvalue weighted by Gasteiger charge is 2.34. The van der Waals surface area contributed by atoms with Gasteiger partial charge in [-0.2, -0.15) is 0 Å². The number of hydrogen-bond donors (Lipinski definition) is 1. The monoisotopic (exact) mass is 424 g/mol. The molecular weight excluding hydrogens is 403 g/mol. The lowest BCUT2D eigenvalue weighted by molar-refractivity contribution is -0.126. The van der Waals surface area contributed by atoms with E-state index in [-0.39, 0.29) is 23.7 Å². The minimum absolute atomic E-state index is 0.159. The Balaban J connectivity index is 1.94. The zero-order valence-electron chi connectivity index (χ0n) is 14.9. The Morgan fingerprint density at radius 1 is 1.15 bits per heavy atom. The van der Waals surface area contributed by atoms with Crippen LogP contribution >= 0.6 is 34.5 Å². The van der Waals surface area contributed by atoms with Crippen LogP contribution in [0.3, 0.4) is 0 Å². The number of carbonyl (C=O) groups is 2. The minimum Gasteiger partial charge on any atom is -0.351 e. The molecule has 3 rings (SSSR count). The van der Waals surface area contributed by atoms with E-state index in [9.17, 15) is 9.59 Å². The van der Waals surface area contributed by atoms with Crippen molar-refractivity contribution in [3.63, 3.8) is 0 Å². The zero-order chi connectivity index (χ0) is 19.2. The summed E-state index contributed by atoms with van der Waals surface area (Å²) in [5.74, 6) is -0.699. The fraction of sp³-hybridized carbons (Fsp3) is 0.400. The van der Waals surface area contributed by atoms with Crippen LogP contribution in [0, 0.1) is 0 Å². The fourth-order valence-electron chi connectivity index (χ4n) is 3.45. The second kappa shape index (κ2) is 9.58. The molecule has 1 aromatic carbocycles. The van der Waals surface area contributed by atoms with Gasteiger partial charge in [0.1, 0.15) is 11.9 Å². The molecular formula is C20H22Cl2N2O2S. The van der Waals surface area contributed by atoms with E-state index in [2.05, 4.69) is 5.32 Å². The number of nitrogens with one attached hydrogen (secondary N) is 1. The quantitative estimate of drug-likeness (QED) is 0.650. The summed E-state index contributed by atoms with van der Waals surface area (Å²) in [7, 11) is 0. The van der Waals surface area contributed by atoms with Crippen LogP contribution in [0.15, 0.2) is 41.8 Å². The summed E-state index contributed by atoms with van der Waals surface area (Å²) in [6.07, 6.45) is 5.41. The lowest BCUT2D eigenvalue weighted by Gasteiger charge is -2.32. The van der Waals surface area contributed by atoms with Gasteiger partial charge < -0.3 is 5.32 Å². The van der Waals surface area contributed by atoms with Crippen molar-refractivity contribution >= 4 is 52.0 Å². The molecule has 1 fully saturated rings. The average molecular weight is 425 g/mol. The van der Waals surface area contributed by atoms with E-state index in [0.29, 0.717) is 10.7 Å². The summed E-state index contributed by atoms with van der Waals surface area (Å²) in [5.41, 5.74) is 0.599. The van der Waals surface area contributed by atoms with Gasteiger partial charge in [-0.25, -0.2) is 0 Å². The summed E-state index contributed by atoms with van der Waals surface area (Å²) < 4.78 is 0. The van der Waals surface area contributed by atoms with Crippen molar-refractivity contribution in [1.29, 1.82) is 0 Å². The van der Waals surface area contributed by atoms with Gasteiger partial charge in [-0.1, -0.05) is 36.9 Å². The largest absolute Gasteiger partial charge is 0.351 e. The summed E-state index contributed by atoms with van der Waals surface area (Å²) in [5, 5.41) is 5.62. The molecule has 2 aromatic rings. The van der Waals surface area contributed by atoms with E-state index in [1.54, 1.807) is 24.3 Å². The highest BCUT2D eigenvalue weighted by molar-refractivity contribution is 7.10. The number of nitrogens with zero attached hydrogens (tertiary/aromatic N) is 1. The molecule has 0 saturated heterocycles. The van der Waals surface area contributed by atoms with Gasteiger partial charge in [-0.3, -0.25) is 14.5 Å². The number of carbonyl (C=O) groups excluding carboxylic acids is 2. The van der Waals surface area contributed by atoms with Crippen LogP contribution in [-0.4, -0.2) is 23.7 Å². The first-order chi connectivity index (χ1) is 13.1. The highest BCUT2D eigenvalue weighted by atomic mass is 35.5. The van der Waals surface area contributed by atoms with Crippen LogP contribution in [-0.2, 0) is 9.59 Å². The third kappa shape index (κ3) is 5.03. The molecule has 0 spiro atoms. The highest BCUT2D eigenvalue weighted by Crippen LogP contribution is 2.32. The number of thiophene rings is 1. The molecule has 144 valence electrons. The zero-order valence-corrected chi connectivity index (χ0v) is 17.2. The van der Waals surface area contributed by atoms with Gasteiger partial charge in [-0.15, -0.1) is 22.9 Å². The molecule has 2 amide bonds. The first kappa shape index (κ1) is 20.2. The standard InChI is InChI=1S/C20H22Cl2N2O2S/c21-13-18(25)24(16-10-8-14(22)9-11-16)19(17-7-4-12-27-17)20(26)23-15-5-2-1-3-6-15/h4,7-12,15,19H,1-3,5-6,13H2,(H,23,26)/t19-/m0/s1. The Labute approximate surface area is 173 Å². The van der Waals surface area contributed by atoms with Crippen molar-refractivity contribution in [2.24, 2.45) is 0 Å². The van der Waals surface area contributed by atoms with Crippen molar-refractivity contribution < 1.29 is 9.59 Å². The predicted octanol–water partition coefficient (Wildman–Crippen LogP) is 5.16. The summed E-state index contributed by atoms with van der Waals surface area (Å²) in [4.78, 5) is 28.2. The first-order valence-corrected chi connectivity index (χ1v) is 10.9. The molecule has 27 heavy (non-hydrogen) atoms. The van der Waals surface area contributed by atoms with Gasteiger partial charge in [0.15, 0.2) is 0 Å². The molecule has 0 bridgehead atoms. The second-order valence-electron chi connectivity index (χ2n) is 6.64. The third-order valence-electron chi connectivity index (χ3n) is 4.76. The number of anilines is 1. The number of benzene rings is 1. The Morgan fingerprint density at radius 2 is 1.85 bits per heavy atom. The normalized spacial score (nSPS) is 15.9. The van der Waals surface area contributed by atoms with Crippen molar-refractivity contribution in [2.45, 2.75) is 44.2 Å². The van der Waals surface area contributed by atoms with Crippen LogP contribution < -0.4 is 10.2 Å². The van der Waals surface area contributed by atoms with Crippen molar-refractivity contribution in [2.75, 3.05) is 10.8 Å².